The van der Waals surface area contributed by atoms with E-state index in [2.05, 4.69) is 20.4 Å². The van der Waals surface area contributed by atoms with Gasteiger partial charge in [-0.15, -0.1) is 0 Å². The van der Waals surface area contributed by atoms with Gasteiger partial charge >= 0.3 is 0 Å². The predicted molar refractivity (Wildman–Crippen MR) is 119 cm³/mol. The largest absolute Gasteiger partial charge is 0.507 e. The number of aliphatic hydroxyl groups is 1. The van der Waals surface area contributed by atoms with Gasteiger partial charge in [0.25, 0.3) is 0 Å². The van der Waals surface area contributed by atoms with Crippen molar-refractivity contribution in [2.45, 2.75) is 50.1 Å². The highest BCUT2D eigenvalue weighted by molar-refractivity contribution is 5.73. The molecule has 2 saturated heterocycles. The molecule has 4 atom stereocenters. The van der Waals surface area contributed by atoms with Crippen molar-refractivity contribution in [2.24, 2.45) is 0 Å². The Hall–Kier alpha value is -3.04. The van der Waals surface area contributed by atoms with Crippen molar-refractivity contribution in [1.82, 2.24) is 25.1 Å². The van der Waals surface area contributed by atoms with Crippen LogP contribution in [-0.2, 0) is 6.54 Å². The van der Waals surface area contributed by atoms with Crippen molar-refractivity contribution in [3.63, 3.8) is 0 Å². The van der Waals surface area contributed by atoms with Crippen LogP contribution in [0.25, 0.3) is 22.4 Å². The quantitative estimate of drug-likeness (QED) is 0.543. The van der Waals surface area contributed by atoms with Gasteiger partial charge in [-0.2, -0.15) is 5.10 Å². The Morgan fingerprint density at radius 3 is 2.81 bits per heavy atom. The lowest BCUT2D eigenvalue weighted by atomic mass is 9.96. The highest BCUT2D eigenvalue weighted by atomic mass is 19.1. The molecule has 1 aromatic carbocycles. The number of nitrogens with one attached hydrogen (secondary N) is 1. The Bertz CT molecular complexity index is 1090. The molecular formula is C23H27FN6O2. The number of hydrogen-bond donors (Lipinski definition) is 3. The highest BCUT2D eigenvalue weighted by Crippen LogP contribution is 2.35. The number of halogens is 1. The molecule has 3 N–H and O–H groups in total. The molecule has 2 fully saturated rings. The number of aromatic hydroxyl groups is 1. The van der Waals surface area contributed by atoms with E-state index in [1.54, 1.807) is 35.4 Å². The van der Waals surface area contributed by atoms with Gasteiger partial charge in [-0.3, -0.25) is 9.67 Å². The van der Waals surface area contributed by atoms with E-state index in [1.165, 1.54) is 0 Å². The summed E-state index contributed by atoms with van der Waals surface area (Å²) < 4.78 is 16.5. The Kier molecular flexibility index (Phi) is 5.52. The van der Waals surface area contributed by atoms with Gasteiger partial charge in [0, 0.05) is 36.5 Å². The monoisotopic (exact) mass is 438 g/mol. The maximum atomic E-state index is 14.9. The van der Waals surface area contributed by atoms with Gasteiger partial charge in [0.2, 0.25) is 0 Å². The van der Waals surface area contributed by atoms with Crippen LogP contribution in [0.3, 0.4) is 0 Å². The molecule has 2 aliphatic rings. The Morgan fingerprint density at radius 2 is 2.06 bits per heavy atom. The summed E-state index contributed by atoms with van der Waals surface area (Å²) in [7, 11) is 1.87. The summed E-state index contributed by atoms with van der Waals surface area (Å²) in [6.45, 7) is 0.433. The zero-order valence-corrected chi connectivity index (χ0v) is 17.9. The fraction of sp³-hybridized carbons (Fsp3) is 0.435. The van der Waals surface area contributed by atoms with Crippen molar-refractivity contribution < 1.29 is 14.6 Å². The molecule has 4 heterocycles. The molecule has 2 aliphatic heterocycles. The van der Waals surface area contributed by atoms with E-state index in [9.17, 15) is 9.50 Å². The van der Waals surface area contributed by atoms with Crippen LogP contribution in [0.2, 0.25) is 0 Å². The lowest BCUT2D eigenvalue weighted by Gasteiger charge is -2.38. The summed E-state index contributed by atoms with van der Waals surface area (Å²) >= 11 is 0. The number of aromatic nitrogens is 4. The minimum absolute atomic E-state index is 0.0138. The van der Waals surface area contributed by atoms with E-state index in [-0.39, 0.29) is 24.4 Å². The zero-order chi connectivity index (χ0) is 22.2. The minimum Gasteiger partial charge on any atom is -0.507 e. The fourth-order valence-corrected chi connectivity index (χ4v) is 4.83. The SMILES string of the molecule is CN(c1cnc(-c2ccc(-c3cnn(CCO)c3)cc2O)cn1)[C@@H]1C[C@H]2CC[C@H](N2)[C@@H]1F. The standard InChI is InChI=1S/C23H27FN6O2/c1-29(20-9-16-3-5-18(28-16)23(20)24)22-12-25-19(11-26-22)17-4-2-14(8-21(17)32)15-10-27-30(13-15)6-7-31/h2,4,8,10-13,16,18,20,23,28,31-32H,3,5-7,9H2,1H3/t16-,18+,20-,23+/m1/s1. The first-order valence-corrected chi connectivity index (χ1v) is 11.0. The zero-order valence-electron chi connectivity index (χ0n) is 17.9. The van der Waals surface area contributed by atoms with Crippen molar-refractivity contribution in [3.8, 4) is 28.1 Å². The minimum atomic E-state index is -0.932. The number of phenolic OH excluding ortho intramolecular Hbond substituents is 1. The van der Waals surface area contributed by atoms with Gasteiger partial charge in [0.1, 0.15) is 17.7 Å². The highest BCUT2D eigenvalue weighted by Gasteiger charge is 2.43. The number of aliphatic hydroxyl groups excluding tert-OH is 1. The first kappa shape index (κ1) is 20.8. The van der Waals surface area contributed by atoms with Crippen LogP contribution in [0.4, 0.5) is 10.2 Å². The Morgan fingerprint density at radius 1 is 1.19 bits per heavy atom. The van der Waals surface area contributed by atoms with Gasteiger partial charge in [-0.25, -0.2) is 9.37 Å². The number of benzene rings is 1. The molecule has 0 aliphatic carbocycles. The summed E-state index contributed by atoms with van der Waals surface area (Å²) in [5.74, 6) is 0.710. The number of anilines is 1. The van der Waals surface area contributed by atoms with Crippen LogP contribution in [0, 0.1) is 0 Å². The molecule has 5 rings (SSSR count). The molecule has 32 heavy (non-hydrogen) atoms. The first-order chi connectivity index (χ1) is 15.5. The van der Waals surface area contributed by atoms with E-state index in [0.29, 0.717) is 29.7 Å². The van der Waals surface area contributed by atoms with E-state index in [4.69, 9.17) is 5.11 Å². The molecule has 0 saturated carbocycles. The van der Waals surface area contributed by atoms with Gasteiger partial charge in [-0.05, 0) is 37.0 Å². The maximum absolute atomic E-state index is 14.9. The number of alkyl halides is 1. The summed E-state index contributed by atoms with van der Waals surface area (Å²) in [4.78, 5) is 10.9. The topological polar surface area (TPSA) is 99.3 Å². The van der Waals surface area contributed by atoms with E-state index in [1.807, 2.05) is 24.2 Å². The molecule has 2 bridgehead atoms. The first-order valence-electron chi connectivity index (χ1n) is 11.0. The van der Waals surface area contributed by atoms with Crippen molar-refractivity contribution in [2.75, 3.05) is 18.6 Å². The molecule has 3 aromatic rings. The van der Waals surface area contributed by atoms with E-state index in [0.717, 1.165) is 30.4 Å². The predicted octanol–water partition coefficient (Wildman–Crippen LogP) is 2.37. The molecule has 168 valence electrons. The number of rotatable bonds is 6. The second kappa shape index (κ2) is 8.48. The normalized spacial score (nSPS) is 24.6. The molecular weight excluding hydrogens is 411 g/mol. The molecule has 8 nitrogen and oxygen atoms in total. The third-order valence-corrected chi connectivity index (χ3v) is 6.62. The average Bonchev–Trinajstić information content (AvgIpc) is 3.44. The maximum Gasteiger partial charge on any atom is 0.147 e. The van der Waals surface area contributed by atoms with Crippen molar-refractivity contribution in [1.29, 1.82) is 0 Å². The molecule has 0 amide bonds. The lowest BCUT2D eigenvalue weighted by Crippen LogP contribution is -2.55. The molecule has 0 radical (unpaired) electrons. The van der Waals surface area contributed by atoms with Gasteiger partial charge in [0.05, 0.1) is 43.5 Å². The Balaban J connectivity index is 1.33. The molecule has 2 aromatic heterocycles. The van der Waals surface area contributed by atoms with Crippen LogP contribution in [-0.4, -0.2) is 67.9 Å². The summed E-state index contributed by atoms with van der Waals surface area (Å²) in [5.41, 5.74) is 2.78. The average molecular weight is 439 g/mol. The second-order valence-corrected chi connectivity index (χ2v) is 8.61. The second-order valence-electron chi connectivity index (χ2n) is 8.61. The number of phenols is 1. The van der Waals surface area contributed by atoms with Gasteiger partial charge in [0.15, 0.2) is 0 Å². The molecule has 9 heteroatoms. The number of fused-ring (bicyclic) bond motifs is 2. The molecule has 0 spiro atoms. The summed E-state index contributed by atoms with van der Waals surface area (Å²) in [5, 5.41) is 27.2. The van der Waals surface area contributed by atoms with Crippen LogP contribution in [0.15, 0.2) is 43.0 Å². The number of piperidine rings is 1. The van der Waals surface area contributed by atoms with Gasteiger partial charge < -0.3 is 20.4 Å². The fourth-order valence-electron chi connectivity index (χ4n) is 4.83. The number of hydrogen-bond acceptors (Lipinski definition) is 7. The van der Waals surface area contributed by atoms with Crippen LogP contribution >= 0.6 is 0 Å². The molecule has 0 unspecified atom stereocenters. The van der Waals surface area contributed by atoms with Crippen LogP contribution in [0.1, 0.15) is 19.3 Å². The number of nitrogens with zero attached hydrogens (tertiary/aromatic N) is 5. The van der Waals surface area contributed by atoms with E-state index >= 15 is 0 Å². The third-order valence-electron chi connectivity index (χ3n) is 6.62. The van der Waals surface area contributed by atoms with E-state index < -0.39 is 6.17 Å². The van der Waals surface area contributed by atoms with Crippen LogP contribution < -0.4 is 10.2 Å². The van der Waals surface area contributed by atoms with Crippen molar-refractivity contribution in [3.05, 3.63) is 43.0 Å². The summed E-state index contributed by atoms with van der Waals surface area (Å²) in [6.07, 6.45) is 8.50. The Labute approximate surface area is 185 Å². The van der Waals surface area contributed by atoms with Gasteiger partial charge in [-0.1, -0.05) is 6.07 Å². The van der Waals surface area contributed by atoms with Crippen molar-refractivity contribution >= 4 is 5.82 Å². The lowest BCUT2D eigenvalue weighted by molar-refractivity contribution is 0.176. The third kappa shape index (κ3) is 3.82. The summed E-state index contributed by atoms with van der Waals surface area (Å²) in [6, 6.07) is 5.43. The van der Waals surface area contributed by atoms with Crippen LogP contribution in [0.5, 0.6) is 5.75 Å². The smallest absolute Gasteiger partial charge is 0.147 e.